The molecule has 5 atom stereocenters. The molecule has 0 spiro atoms. The Hall–Kier alpha value is -3.70. The fourth-order valence-corrected chi connectivity index (χ4v) is 7.33. The first-order chi connectivity index (χ1) is 18.5. The summed E-state index contributed by atoms with van der Waals surface area (Å²) in [5, 5.41) is 12.6. The highest BCUT2D eigenvalue weighted by atomic mass is 32.2. The molecule has 0 aromatic carbocycles. The molecule has 4 N–H and O–H groups in total. The number of nitrogens with one attached hydrogen (secondary N) is 4. The number of anilines is 1. The SMILES string of the molecule is C=CC(=O)N[C@H]1CCC[C@H]1NC(=O)C1=C2NC(=O)N(c3ccnc(-c4ccccn4)c3)C3CCNC(S1)C23. The summed E-state index contributed by atoms with van der Waals surface area (Å²) < 4.78 is 0. The molecule has 0 radical (unpaired) electrons. The van der Waals surface area contributed by atoms with E-state index in [1.807, 2.05) is 30.3 Å². The molecule has 5 heterocycles. The third kappa shape index (κ3) is 4.45. The predicted octanol–water partition coefficient (Wildman–Crippen LogP) is 2.28. The molecule has 2 saturated heterocycles. The quantitative estimate of drug-likeness (QED) is 0.421. The fraction of sp³-hybridized carbons (Fsp3) is 0.370. The highest BCUT2D eigenvalue weighted by Gasteiger charge is 2.52. The number of carbonyl (C=O) groups excluding carboxylic acids is 3. The molecule has 10 nitrogen and oxygen atoms in total. The van der Waals surface area contributed by atoms with Crippen LogP contribution in [0.3, 0.4) is 0 Å². The van der Waals surface area contributed by atoms with Crippen molar-refractivity contribution in [3.63, 3.8) is 0 Å². The normalized spacial score (nSPS) is 27.9. The molecule has 2 aromatic heterocycles. The van der Waals surface area contributed by atoms with Gasteiger partial charge >= 0.3 is 6.03 Å². The largest absolute Gasteiger partial charge is 0.348 e. The summed E-state index contributed by atoms with van der Waals surface area (Å²) >= 11 is 1.47. The Labute approximate surface area is 224 Å². The zero-order chi connectivity index (χ0) is 26.2. The number of nitrogens with zero attached hydrogens (tertiary/aromatic N) is 3. The molecule has 1 aliphatic carbocycles. The van der Waals surface area contributed by atoms with E-state index in [-0.39, 0.29) is 47.3 Å². The Kier molecular flexibility index (Phi) is 6.62. The van der Waals surface area contributed by atoms with Gasteiger partial charge in [0, 0.05) is 41.8 Å². The lowest BCUT2D eigenvalue weighted by atomic mass is 9.86. The van der Waals surface area contributed by atoms with Crippen LogP contribution in [-0.2, 0) is 9.59 Å². The number of hydrogen-bond donors (Lipinski definition) is 4. The van der Waals surface area contributed by atoms with Gasteiger partial charge in [-0.05, 0) is 62.6 Å². The summed E-state index contributed by atoms with van der Waals surface area (Å²) in [4.78, 5) is 50.0. The number of piperidine rings is 1. The van der Waals surface area contributed by atoms with Crippen LogP contribution in [0.15, 0.2) is 66.0 Å². The van der Waals surface area contributed by atoms with E-state index in [1.54, 1.807) is 17.3 Å². The van der Waals surface area contributed by atoms with Gasteiger partial charge in [0.1, 0.15) is 0 Å². The second-order valence-electron chi connectivity index (χ2n) is 9.86. The van der Waals surface area contributed by atoms with Gasteiger partial charge in [-0.1, -0.05) is 24.4 Å². The van der Waals surface area contributed by atoms with E-state index in [9.17, 15) is 14.4 Å². The van der Waals surface area contributed by atoms with E-state index in [0.717, 1.165) is 43.6 Å². The van der Waals surface area contributed by atoms with E-state index >= 15 is 0 Å². The third-order valence-electron chi connectivity index (χ3n) is 7.64. The average Bonchev–Trinajstić information content (AvgIpc) is 3.54. The lowest BCUT2D eigenvalue weighted by Gasteiger charge is -2.45. The summed E-state index contributed by atoms with van der Waals surface area (Å²) in [5.41, 5.74) is 2.86. The zero-order valence-electron chi connectivity index (χ0n) is 20.7. The molecule has 3 fully saturated rings. The molecule has 196 valence electrons. The van der Waals surface area contributed by atoms with Crippen LogP contribution in [0.25, 0.3) is 11.4 Å². The average molecular weight is 532 g/mol. The minimum Gasteiger partial charge on any atom is -0.348 e. The smallest absolute Gasteiger partial charge is 0.326 e. The molecular formula is C27H29N7O3S. The molecule has 6 rings (SSSR count). The third-order valence-corrected chi connectivity index (χ3v) is 9.00. The first-order valence-electron chi connectivity index (χ1n) is 12.9. The number of amides is 4. The molecule has 4 aliphatic rings. The van der Waals surface area contributed by atoms with Crippen molar-refractivity contribution in [1.82, 2.24) is 31.2 Å². The summed E-state index contributed by atoms with van der Waals surface area (Å²) in [6.45, 7) is 4.25. The molecule has 3 unspecified atom stereocenters. The van der Waals surface area contributed by atoms with Crippen LogP contribution in [-0.4, -0.2) is 57.9 Å². The standard InChI is InChI=1S/C27H29N7O3S/c1-2-21(35)31-17-7-5-8-18(17)32-25(36)24-23-22-20(10-13-30-26(22)38-24)34(27(37)33-23)15-9-12-29-19(14-15)16-6-3-4-11-28-16/h2-4,6,9,11-12,14,17-18,20,22,26,30H,1,5,7-8,10,13H2,(H,31,35)(H,32,36)(H,33,37)/t17-,18+,20?,22?,26?/m0/s1. The Balaban J connectivity index is 1.26. The molecule has 4 amide bonds. The first-order valence-corrected chi connectivity index (χ1v) is 13.8. The topological polar surface area (TPSA) is 128 Å². The van der Waals surface area contributed by atoms with Crippen LogP contribution in [0.2, 0.25) is 0 Å². The van der Waals surface area contributed by atoms with E-state index in [4.69, 9.17) is 0 Å². The van der Waals surface area contributed by atoms with Crippen molar-refractivity contribution >= 4 is 35.3 Å². The van der Waals surface area contributed by atoms with Gasteiger partial charge < -0.3 is 21.3 Å². The molecule has 0 bridgehead atoms. The number of rotatable bonds is 6. The summed E-state index contributed by atoms with van der Waals surface area (Å²) in [6.07, 6.45) is 7.92. The van der Waals surface area contributed by atoms with Gasteiger partial charge in [-0.15, -0.1) is 0 Å². The van der Waals surface area contributed by atoms with Gasteiger partial charge in [-0.25, -0.2) is 4.79 Å². The van der Waals surface area contributed by atoms with Gasteiger partial charge in [-0.3, -0.25) is 24.5 Å². The number of pyridine rings is 2. The van der Waals surface area contributed by atoms with Crippen molar-refractivity contribution < 1.29 is 14.4 Å². The van der Waals surface area contributed by atoms with Crippen molar-refractivity contribution in [2.45, 2.75) is 49.2 Å². The summed E-state index contributed by atoms with van der Waals surface area (Å²) in [7, 11) is 0. The van der Waals surface area contributed by atoms with Crippen LogP contribution in [0.5, 0.6) is 0 Å². The number of hydrogen-bond acceptors (Lipinski definition) is 7. The van der Waals surface area contributed by atoms with Gasteiger partial charge in [-0.2, -0.15) is 0 Å². The van der Waals surface area contributed by atoms with E-state index in [1.165, 1.54) is 17.8 Å². The number of urea groups is 1. The first kappa shape index (κ1) is 24.6. The molecule has 38 heavy (non-hydrogen) atoms. The van der Waals surface area contributed by atoms with Crippen LogP contribution in [0.4, 0.5) is 10.5 Å². The van der Waals surface area contributed by atoms with Crippen LogP contribution < -0.4 is 26.2 Å². The lowest BCUT2D eigenvalue weighted by molar-refractivity contribution is -0.119. The van der Waals surface area contributed by atoms with Crippen molar-refractivity contribution in [2.75, 3.05) is 11.4 Å². The number of aromatic nitrogens is 2. The number of thioether (sulfide) groups is 1. The van der Waals surface area contributed by atoms with Crippen molar-refractivity contribution in [3.8, 4) is 11.4 Å². The highest BCUT2D eigenvalue weighted by Crippen LogP contribution is 2.48. The Bertz CT molecular complexity index is 1320. The maximum absolute atomic E-state index is 13.5. The van der Waals surface area contributed by atoms with Crippen molar-refractivity contribution in [3.05, 3.63) is 66.0 Å². The summed E-state index contributed by atoms with van der Waals surface area (Å²) in [5.74, 6) is -0.508. The van der Waals surface area contributed by atoms with Crippen LogP contribution in [0, 0.1) is 5.92 Å². The molecule has 1 saturated carbocycles. The molecule has 2 aromatic rings. The van der Waals surface area contributed by atoms with E-state index in [0.29, 0.717) is 16.3 Å². The zero-order valence-corrected chi connectivity index (χ0v) is 21.5. The predicted molar refractivity (Wildman–Crippen MR) is 145 cm³/mol. The molecular weight excluding hydrogens is 502 g/mol. The minimum atomic E-state index is -0.259. The number of carbonyl (C=O) groups is 3. The van der Waals surface area contributed by atoms with Gasteiger partial charge in [0.15, 0.2) is 0 Å². The van der Waals surface area contributed by atoms with Gasteiger partial charge in [0.05, 0.1) is 27.7 Å². The maximum atomic E-state index is 13.5. The Morgan fingerprint density at radius 2 is 1.89 bits per heavy atom. The van der Waals surface area contributed by atoms with Crippen LogP contribution >= 0.6 is 11.8 Å². The summed E-state index contributed by atoms with van der Waals surface area (Å²) in [6, 6.07) is 8.71. The lowest BCUT2D eigenvalue weighted by Crippen LogP contribution is -2.62. The fourth-order valence-electron chi connectivity index (χ4n) is 5.93. The highest BCUT2D eigenvalue weighted by molar-refractivity contribution is 8.04. The minimum absolute atomic E-state index is 0.0236. The Morgan fingerprint density at radius 1 is 1.08 bits per heavy atom. The monoisotopic (exact) mass is 531 g/mol. The Morgan fingerprint density at radius 3 is 2.68 bits per heavy atom. The van der Waals surface area contributed by atoms with Crippen LogP contribution in [0.1, 0.15) is 25.7 Å². The second-order valence-corrected chi connectivity index (χ2v) is 11.0. The van der Waals surface area contributed by atoms with Gasteiger partial charge in [0.25, 0.3) is 5.91 Å². The van der Waals surface area contributed by atoms with Gasteiger partial charge in [0.2, 0.25) is 5.91 Å². The maximum Gasteiger partial charge on any atom is 0.326 e. The van der Waals surface area contributed by atoms with Crippen molar-refractivity contribution in [1.29, 1.82) is 0 Å². The molecule has 3 aliphatic heterocycles. The van der Waals surface area contributed by atoms with E-state index in [2.05, 4.69) is 37.8 Å². The molecule has 11 heteroatoms. The second kappa shape index (κ2) is 10.2. The van der Waals surface area contributed by atoms with Crippen molar-refractivity contribution in [2.24, 2.45) is 5.92 Å². The van der Waals surface area contributed by atoms with E-state index < -0.39 is 0 Å².